The summed E-state index contributed by atoms with van der Waals surface area (Å²) < 4.78 is 46.4. The van der Waals surface area contributed by atoms with Crippen LogP contribution in [-0.4, -0.2) is 42.4 Å². The monoisotopic (exact) mass is 554 g/mol. The van der Waals surface area contributed by atoms with Gasteiger partial charge in [0.15, 0.2) is 24.0 Å². The topological polar surface area (TPSA) is 118 Å². The van der Waals surface area contributed by atoms with E-state index in [4.69, 9.17) is 9.15 Å². The molecule has 3 aromatic rings. The molecule has 206 valence electrons. The summed E-state index contributed by atoms with van der Waals surface area (Å²) in [4.78, 5) is 12.5. The van der Waals surface area contributed by atoms with Gasteiger partial charge in [0.1, 0.15) is 0 Å². The molecule has 9 nitrogen and oxygen atoms in total. The number of hydrogen-bond donors (Lipinski definition) is 2. The molecule has 2 aromatic carbocycles. The Bertz CT molecular complexity index is 1620. The van der Waals surface area contributed by atoms with E-state index in [1.165, 1.54) is 0 Å². The smallest absolute Gasteiger partial charge is 0.374 e. The predicted molar refractivity (Wildman–Crippen MR) is 148 cm³/mol. The van der Waals surface area contributed by atoms with Gasteiger partial charge >= 0.3 is 17.7 Å². The van der Waals surface area contributed by atoms with Crippen LogP contribution in [0.2, 0.25) is 0 Å². The van der Waals surface area contributed by atoms with Crippen molar-refractivity contribution in [1.82, 2.24) is 4.48 Å². The fourth-order valence-electron chi connectivity index (χ4n) is 5.81. The highest BCUT2D eigenvalue weighted by Crippen LogP contribution is 2.50. The van der Waals surface area contributed by atoms with E-state index in [-0.39, 0.29) is 16.7 Å². The lowest BCUT2D eigenvalue weighted by Crippen LogP contribution is -2.60. The Morgan fingerprint density at radius 1 is 1.15 bits per heavy atom. The van der Waals surface area contributed by atoms with Gasteiger partial charge in [0.2, 0.25) is 5.58 Å². The number of carboxylic acids is 1. The number of oxazole rings is 1. The first kappa shape index (κ1) is 27.1. The summed E-state index contributed by atoms with van der Waals surface area (Å²) in [7, 11) is -4.08. The lowest BCUT2D eigenvalue weighted by Gasteiger charge is -2.40. The van der Waals surface area contributed by atoms with Gasteiger partial charge in [-0.1, -0.05) is 12.1 Å². The highest BCUT2D eigenvalue weighted by atomic mass is 32.2. The van der Waals surface area contributed by atoms with E-state index < -0.39 is 22.1 Å². The van der Waals surface area contributed by atoms with Gasteiger partial charge in [0, 0.05) is 31.1 Å². The molecule has 1 spiro atoms. The molecule has 1 aromatic heterocycles. The third-order valence-electron chi connectivity index (χ3n) is 7.58. The second-order valence-corrected chi connectivity index (χ2v) is 12.2. The molecule has 2 N–H and O–H groups in total. The predicted octanol–water partition coefficient (Wildman–Crippen LogP) is 4.90. The van der Waals surface area contributed by atoms with Crippen LogP contribution < -0.4 is 13.8 Å². The van der Waals surface area contributed by atoms with E-state index in [9.17, 15) is 22.9 Å². The normalized spacial score (nSPS) is 22.4. The molecular weight excluding hydrogens is 520 g/mol. The van der Waals surface area contributed by atoms with Crippen LogP contribution in [0, 0.1) is 13.8 Å². The molecule has 2 unspecified atom stereocenters. The molecule has 0 bridgehead atoms. The summed E-state index contributed by atoms with van der Waals surface area (Å²) in [5.74, 6) is 0.567. The number of nitrogens with zero attached hydrogens (tertiary/aromatic N) is 2. The fraction of sp³-hybridized carbons (Fsp3) is 0.379. The van der Waals surface area contributed by atoms with Crippen molar-refractivity contribution in [3.05, 3.63) is 70.9 Å². The highest BCUT2D eigenvalue weighted by molar-refractivity contribution is 7.85. The summed E-state index contributed by atoms with van der Waals surface area (Å²) in [6, 6.07) is 11.0. The summed E-state index contributed by atoms with van der Waals surface area (Å²) in [5.41, 5.74) is 5.22. The Morgan fingerprint density at radius 3 is 2.64 bits per heavy atom. The molecule has 5 rings (SSSR count). The molecule has 10 heteroatoms. The zero-order valence-corrected chi connectivity index (χ0v) is 23.2. The van der Waals surface area contributed by atoms with Crippen molar-refractivity contribution in [2.24, 2.45) is 0 Å². The third-order valence-corrected chi connectivity index (χ3v) is 8.38. The van der Waals surface area contributed by atoms with Crippen molar-refractivity contribution < 1.29 is 36.6 Å². The van der Waals surface area contributed by atoms with E-state index in [1.54, 1.807) is 0 Å². The maximum Gasteiger partial charge on any atom is 0.374 e. The van der Waals surface area contributed by atoms with Gasteiger partial charge in [-0.2, -0.15) is 13.0 Å². The average Bonchev–Trinajstić information content (AvgIpc) is 3.33. The summed E-state index contributed by atoms with van der Waals surface area (Å²) in [6.07, 6.45) is 6.24. The van der Waals surface area contributed by atoms with Crippen LogP contribution in [-0.2, 0) is 21.5 Å². The molecule has 2 atom stereocenters. The molecule has 2 aliphatic heterocycles. The standard InChI is InChI=1S/C29H32N2O7S/c1-19-8-10-25-22(15-19)30(12-6-14-39(34,35)36)27(37-25)17-21(3)18-28-31(13-5-4-7-23(31)29(32)33)24-16-20(2)9-11-26(24)38-28/h8-11,15-18,23H,4-7,12-14H2,1-3H3/p+2. The van der Waals surface area contributed by atoms with Gasteiger partial charge in [-0.05, 0) is 62.4 Å². The van der Waals surface area contributed by atoms with Crippen LogP contribution in [0.5, 0.6) is 5.75 Å². The minimum Gasteiger partial charge on any atom is -0.477 e. The van der Waals surface area contributed by atoms with Crippen molar-refractivity contribution in [2.45, 2.75) is 59.0 Å². The molecule has 0 saturated carbocycles. The van der Waals surface area contributed by atoms with Crippen LogP contribution in [0.1, 0.15) is 49.6 Å². The van der Waals surface area contributed by atoms with E-state index in [0.29, 0.717) is 42.6 Å². The van der Waals surface area contributed by atoms with Crippen LogP contribution in [0.15, 0.2) is 58.3 Å². The van der Waals surface area contributed by atoms with Gasteiger partial charge in [0.05, 0.1) is 18.4 Å². The second-order valence-electron chi connectivity index (χ2n) is 10.6. The molecule has 0 radical (unpaired) electrons. The summed E-state index contributed by atoms with van der Waals surface area (Å²) >= 11 is 0. The maximum atomic E-state index is 12.5. The number of benzene rings is 2. The molecule has 1 saturated heterocycles. The van der Waals surface area contributed by atoms with Crippen molar-refractivity contribution in [2.75, 3.05) is 12.3 Å². The van der Waals surface area contributed by atoms with Gasteiger partial charge in [-0.3, -0.25) is 4.55 Å². The Labute approximate surface area is 228 Å². The summed E-state index contributed by atoms with van der Waals surface area (Å²) in [5, 5.41) is 10.2. The number of hydrogen-bond acceptors (Lipinski definition) is 5. The van der Waals surface area contributed by atoms with E-state index in [2.05, 4.69) is 0 Å². The van der Waals surface area contributed by atoms with Gasteiger partial charge < -0.3 is 14.3 Å². The van der Waals surface area contributed by atoms with Crippen molar-refractivity contribution in [1.29, 1.82) is 0 Å². The van der Waals surface area contributed by atoms with E-state index in [0.717, 1.165) is 40.7 Å². The van der Waals surface area contributed by atoms with Crippen molar-refractivity contribution >= 4 is 39.0 Å². The first-order valence-corrected chi connectivity index (χ1v) is 14.8. The zero-order chi connectivity index (χ0) is 27.9. The zero-order valence-electron chi connectivity index (χ0n) is 22.4. The van der Waals surface area contributed by atoms with Crippen molar-refractivity contribution in [3.8, 4) is 5.75 Å². The summed E-state index contributed by atoms with van der Waals surface area (Å²) in [6.45, 7) is 6.83. The Morgan fingerprint density at radius 2 is 1.90 bits per heavy atom. The van der Waals surface area contributed by atoms with E-state index >= 15 is 0 Å². The molecule has 0 amide bonds. The average molecular weight is 555 g/mol. The number of allylic oxidation sites excluding steroid dienone is 2. The quantitative estimate of drug-likeness (QED) is 0.242. The number of aliphatic carboxylic acids is 1. The Hall–Kier alpha value is -3.47. The van der Waals surface area contributed by atoms with Gasteiger partial charge in [-0.15, -0.1) is 0 Å². The minimum atomic E-state index is -4.08. The molecule has 0 aliphatic carbocycles. The van der Waals surface area contributed by atoms with E-state index in [1.807, 2.05) is 73.9 Å². The molecule has 2 aliphatic rings. The Kier molecular flexibility index (Phi) is 7.13. The van der Waals surface area contributed by atoms with Crippen LogP contribution in [0.25, 0.3) is 17.2 Å². The fourth-order valence-corrected chi connectivity index (χ4v) is 6.30. The number of ether oxygens (including phenoxy) is 1. The minimum absolute atomic E-state index is 0.144. The first-order valence-electron chi connectivity index (χ1n) is 13.2. The Balaban J connectivity index is 1.59. The number of carboxylic acid groups (broad SMARTS) is 1. The number of fused-ring (bicyclic) bond motifs is 3. The third kappa shape index (κ3) is 5.24. The molecule has 1 fully saturated rings. The van der Waals surface area contributed by atoms with Gasteiger partial charge in [-0.25, -0.2) is 9.28 Å². The number of aryl methyl sites for hydroxylation is 3. The SMILES string of the molecule is CC(=Cc1oc2ccc(C)cc2[n+]1CCCS(=O)(=O)O)C=C1Oc2ccc(C)cc2[N+]12CCCCC2C(=O)O. The molecular formula is C29H34N2O7S+2. The number of aromatic nitrogens is 1. The number of rotatable bonds is 7. The molecule has 3 heterocycles. The largest absolute Gasteiger partial charge is 0.477 e. The second kappa shape index (κ2) is 10.3. The van der Waals surface area contributed by atoms with Crippen LogP contribution in [0.3, 0.4) is 0 Å². The number of piperidine rings is 1. The lowest BCUT2D eigenvalue weighted by molar-refractivity contribution is -0.677. The highest BCUT2D eigenvalue weighted by Gasteiger charge is 2.55. The van der Waals surface area contributed by atoms with Crippen molar-refractivity contribution in [3.63, 3.8) is 0 Å². The van der Waals surface area contributed by atoms with Gasteiger partial charge in [0.25, 0.3) is 15.6 Å². The number of quaternary nitrogens is 1. The first-order chi connectivity index (χ1) is 18.5. The van der Waals surface area contributed by atoms with Crippen LogP contribution in [0.4, 0.5) is 5.69 Å². The number of carbonyl (C=O) groups is 1. The van der Waals surface area contributed by atoms with Crippen LogP contribution >= 0.6 is 0 Å². The lowest BCUT2D eigenvalue weighted by atomic mass is 9.96. The molecule has 39 heavy (non-hydrogen) atoms. The maximum absolute atomic E-state index is 12.5.